The van der Waals surface area contributed by atoms with Crippen LogP contribution in [0.15, 0.2) is 59.5 Å². The molecule has 0 radical (unpaired) electrons. The Bertz CT molecular complexity index is 628. The number of ether oxygens (including phenoxy) is 1. The van der Waals surface area contributed by atoms with Crippen LogP contribution in [-0.4, -0.2) is 24.7 Å². The fourth-order valence-corrected chi connectivity index (χ4v) is 2.42. The summed E-state index contributed by atoms with van der Waals surface area (Å²) in [7, 11) is 1.32. The topological polar surface area (TPSA) is 55.4 Å². The highest BCUT2D eigenvalue weighted by molar-refractivity contribution is 8.00. The molecule has 1 N–H and O–H groups in total. The molecular formula is C16H15NO3S. The van der Waals surface area contributed by atoms with Crippen molar-refractivity contribution in [3.63, 3.8) is 0 Å². The van der Waals surface area contributed by atoms with Gasteiger partial charge in [-0.05, 0) is 30.3 Å². The van der Waals surface area contributed by atoms with Crippen LogP contribution in [-0.2, 0) is 9.53 Å². The van der Waals surface area contributed by atoms with Gasteiger partial charge in [-0.1, -0.05) is 24.3 Å². The maximum absolute atomic E-state index is 11.9. The van der Waals surface area contributed by atoms with Crippen molar-refractivity contribution in [1.82, 2.24) is 0 Å². The van der Waals surface area contributed by atoms with Gasteiger partial charge in [0.15, 0.2) is 0 Å². The van der Waals surface area contributed by atoms with E-state index in [9.17, 15) is 9.59 Å². The first-order chi connectivity index (χ1) is 10.2. The molecule has 0 aliphatic rings. The summed E-state index contributed by atoms with van der Waals surface area (Å²) in [5, 5.41) is 2.76. The van der Waals surface area contributed by atoms with Crippen molar-refractivity contribution in [1.29, 1.82) is 0 Å². The van der Waals surface area contributed by atoms with Crippen molar-refractivity contribution in [3.8, 4) is 0 Å². The van der Waals surface area contributed by atoms with E-state index in [1.165, 1.54) is 18.9 Å². The summed E-state index contributed by atoms with van der Waals surface area (Å²) in [6, 6.07) is 16.4. The van der Waals surface area contributed by atoms with Gasteiger partial charge in [-0.3, -0.25) is 4.79 Å². The number of rotatable bonds is 5. The van der Waals surface area contributed by atoms with Gasteiger partial charge in [0.1, 0.15) is 0 Å². The third-order valence-corrected chi connectivity index (χ3v) is 3.69. The summed E-state index contributed by atoms with van der Waals surface area (Å²) in [4.78, 5) is 24.3. The molecule has 1 amide bonds. The average Bonchev–Trinajstić information content (AvgIpc) is 2.53. The molecule has 0 aromatic heterocycles. The molecule has 0 saturated heterocycles. The SMILES string of the molecule is COC(=O)c1cccc(NC(=O)CSc2ccccc2)c1. The second-order valence-electron chi connectivity index (χ2n) is 4.22. The molecule has 21 heavy (non-hydrogen) atoms. The fraction of sp³-hybridized carbons (Fsp3) is 0.125. The molecule has 5 heteroatoms. The highest BCUT2D eigenvalue weighted by atomic mass is 32.2. The standard InChI is InChI=1S/C16H15NO3S/c1-20-16(19)12-6-5-7-13(10-12)17-15(18)11-21-14-8-3-2-4-9-14/h2-10H,11H2,1H3,(H,17,18). The molecular weight excluding hydrogens is 286 g/mol. The first-order valence-corrected chi connectivity index (χ1v) is 7.33. The van der Waals surface area contributed by atoms with Crippen molar-refractivity contribution in [2.45, 2.75) is 4.90 Å². The summed E-state index contributed by atoms with van der Waals surface area (Å²) in [6.07, 6.45) is 0. The summed E-state index contributed by atoms with van der Waals surface area (Å²) in [6.45, 7) is 0. The summed E-state index contributed by atoms with van der Waals surface area (Å²) < 4.78 is 4.65. The minimum absolute atomic E-state index is 0.120. The molecule has 0 atom stereocenters. The second-order valence-corrected chi connectivity index (χ2v) is 5.27. The molecule has 2 rings (SSSR count). The number of hydrogen-bond acceptors (Lipinski definition) is 4. The average molecular weight is 301 g/mol. The van der Waals surface area contributed by atoms with Gasteiger partial charge in [-0.25, -0.2) is 4.79 Å². The zero-order chi connectivity index (χ0) is 15.1. The maximum Gasteiger partial charge on any atom is 0.337 e. The molecule has 2 aromatic rings. The van der Waals surface area contributed by atoms with Crippen LogP contribution in [0.4, 0.5) is 5.69 Å². The number of carbonyl (C=O) groups excluding carboxylic acids is 2. The molecule has 4 nitrogen and oxygen atoms in total. The lowest BCUT2D eigenvalue weighted by Crippen LogP contribution is -2.14. The van der Waals surface area contributed by atoms with Gasteiger partial charge < -0.3 is 10.1 Å². The van der Waals surface area contributed by atoms with Crippen molar-refractivity contribution in [3.05, 3.63) is 60.2 Å². The third-order valence-electron chi connectivity index (χ3n) is 2.68. The molecule has 0 aliphatic carbocycles. The molecule has 0 heterocycles. The lowest BCUT2D eigenvalue weighted by atomic mass is 10.2. The quantitative estimate of drug-likeness (QED) is 0.680. The highest BCUT2D eigenvalue weighted by Crippen LogP contribution is 2.18. The predicted octanol–water partition coefficient (Wildman–Crippen LogP) is 3.20. The second kappa shape index (κ2) is 7.50. The van der Waals surface area contributed by atoms with E-state index in [0.29, 0.717) is 17.0 Å². The lowest BCUT2D eigenvalue weighted by Gasteiger charge is -2.06. The van der Waals surface area contributed by atoms with Crippen LogP contribution in [0.25, 0.3) is 0 Å². The van der Waals surface area contributed by atoms with E-state index in [4.69, 9.17) is 0 Å². The number of carbonyl (C=O) groups is 2. The molecule has 0 unspecified atom stereocenters. The Labute approximate surface area is 127 Å². The fourth-order valence-electron chi connectivity index (χ4n) is 1.70. The smallest absolute Gasteiger partial charge is 0.337 e. The number of benzene rings is 2. The highest BCUT2D eigenvalue weighted by Gasteiger charge is 2.08. The van der Waals surface area contributed by atoms with E-state index in [1.54, 1.807) is 24.3 Å². The number of amides is 1. The van der Waals surface area contributed by atoms with Gasteiger partial charge in [-0.2, -0.15) is 0 Å². The van der Waals surface area contributed by atoms with Crippen LogP contribution in [0.2, 0.25) is 0 Å². The van der Waals surface area contributed by atoms with E-state index in [2.05, 4.69) is 10.1 Å². The van der Waals surface area contributed by atoms with Gasteiger partial charge >= 0.3 is 5.97 Å². The van der Waals surface area contributed by atoms with Crippen LogP contribution in [0.1, 0.15) is 10.4 Å². The molecule has 0 fully saturated rings. The molecule has 108 valence electrons. The maximum atomic E-state index is 11.9. The van der Waals surface area contributed by atoms with Crippen molar-refractivity contribution in [2.75, 3.05) is 18.2 Å². The monoisotopic (exact) mass is 301 g/mol. The van der Waals surface area contributed by atoms with E-state index in [0.717, 1.165) is 4.90 Å². The Balaban J connectivity index is 1.92. The zero-order valence-electron chi connectivity index (χ0n) is 11.5. The molecule has 2 aromatic carbocycles. The Kier molecular flexibility index (Phi) is 5.40. The number of hydrogen-bond donors (Lipinski definition) is 1. The zero-order valence-corrected chi connectivity index (χ0v) is 12.4. The van der Waals surface area contributed by atoms with Crippen molar-refractivity contribution in [2.24, 2.45) is 0 Å². The van der Waals surface area contributed by atoms with Crippen molar-refractivity contribution >= 4 is 29.3 Å². The Morgan fingerprint density at radius 3 is 2.57 bits per heavy atom. The number of nitrogens with one attached hydrogen (secondary N) is 1. The first-order valence-electron chi connectivity index (χ1n) is 6.35. The van der Waals surface area contributed by atoms with Crippen LogP contribution >= 0.6 is 11.8 Å². The van der Waals surface area contributed by atoms with Crippen LogP contribution in [0.3, 0.4) is 0 Å². The van der Waals surface area contributed by atoms with Crippen LogP contribution < -0.4 is 5.32 Å². The third kappa shape index (κ3) is 4.65. The number of anilines is 1. The minimum Gasteiger partial charge on any atom is -0.465 e. The Hall–Kier alpha value is -2.27. The summed E-state index contributed by atoms with van der Waals surface area (Å²) >= 11 is 1.46. The Morgan fingerprint density at radius 2 is 1.86 bits per heavy atom. The molecule has 0 bridgehead atoms. The summed E-state index contributed by atoms with van der Waals surface area (Å²) in [5.74, 6) is -0.234. The number of esters is 1. The van der Waals surface area contributed by atoms with E-state index >= 15 is 0 Å². The van der Waals surface area contributed by atoms with E-state index in [1.807, 2.05) is 30.3 Å². The van der Waals surface area contributed by atoms with Gasteiger partial charge in [0, 0.05) is 10.6 Å². The van der Waals surface area contributed by atoms with E-state index < -0.39 is 5.97 Å². The predicted molar refractivity (Wildman–Crippen MR) is 83.6 cm³/mol. The van der Waals surface area contributed by atoms with Gasteiger partial charge in [-0.15, -0.1) is 11.8 Å². The minimum atomic E-state index is -0.426. The molecule has 0 saturated carbocycles. The van der Waals surface area contributed by atoms with Gasteiger partial charge in [0.2, 0.25) is 5.91 Å². The molecule has 0 spiro atoms. The lowest BCUT2D eigenvalue weighted by molar-refractivity contribution is -0.113. The molecule has 0 aliphatic heterocycles. The Morgan fingerprint density at radius 1 is 1.10 bits per heavy atom. The van der Waals surface area contributed by atoms with Crippen LogP contribution in [0.5, 0.6) is 0 Å². The van der Waals surface area contributed by atoms with E-state index in [-0.39, 0.29) is 5.91 Å². The largest absolute Gasteiger partial charge is 0.465 e. The van der Waals surface area contributed by atoms with Crippen molar-refractivity contribution < 1.29 is 14.3 Å². The van der Waals surface area contributed by atoms with Gasteiger partial charge in [0.25, 0.3) is 0 Å². The normalized spacial score (nSPS) is 9.95. The first kappa shape index (κ1) is 15.1. The van der Waals surface area contributed by atoms with Crippen LogP contribution in [0, 0.1) is 0 Å². The van der Waals surface area contributed by atoms with Gasteiger partial charge in [0.05, 0.1) is 18.4 Å². The number of thioether (sulfide) groups is 1. The summed E-state index contributed by atoms with van der Waals surface area (Å²) in [5.41, 5.74) is 0.988. The number of methoxy groups -OCH3 is 1.